The van der Waals surface area contributed by atoms with Crippen LogP contribution in [0.15, 0.2) is 0 Å². The molecule has 0 aromatic heterocycles. The molecule has 2 amide bonds. The van der Waals surface area contributed by atoms with Gasteiger partial charge in [0, 0.05) is 12.8 Å². The maximum atomic E-state index is 12.6. The second kappa shape index (κ2) is 31.8. The van der Waals surface area contributed by atoms with Crippen LogP contribution in [-0.2, 0) is 23.9 Å². The fourth-order valence-corrected chi connectivity index (χ4v) is 5.48. The number of aliphatic carboxylic acids is 1. The summed E-state index contributed by atoms with van der Waals surface area (Å²) < 4.78 is 5.96. The average Bonchev–Trinajstić information content (AvgIpc) is 3.02. The second-order valence-electron chi connectivity index (χ2n) is 12.7. The summed E-state index contributed by atoms with van der Waals surface area (Å²) in [5.41, 5.74) is 0. The number of hydrogen-bond acceptors (Lipinski definition) is 6. The van der Waals surface area contributed by atoms with Crippen molar-refractivity contribution in [3.63, 3.8) is 0 Å². The molecule has 0 saturated heterocycles. The van der Waals surface area contributed by atoms with Crippen LogP contribution in [0.2, 0.25) is 0 Å². The molecule has 0 radical (unpaired) electrons. The zero-order valence-corrected chi connectivity index (χ0v) is 28.9. The van der Waals surface area contributed by atoms with Gasteiger partial charge in [-0.2, -0.15) is 0 Å². The summed E-state index contributed by atoms with van der Waals surface area (Å²) in [4.78, 5) is 47.2. The van der Waals surface area contributed by atoms with Crippen molar-refractivity contribution in [3.05, 3.63) is 0 Å². The van der Waals surface area contributed by atoms with Gasteiger partial charge in [0.25, 0.3) is 0 Å². The van der Waals surface area contributed by atoms with Crippen LogP contribution in [0.5, 0.6) is 0 Å². The molecule has 0 aliphatic carbocycles. The Kier molecular flexibility index (Phi) is 30.3. The molecule has 0 aliphatic rings. The molecule has 0 heterocycles. The zero-order valence-electron chi connectivity index (χ0n) is 28.9. The number of amides is 2. The molecule has 9 nitrogen and oxygen atoms in total. The van der Waals surface area contributed by atoms with E-state index >= 15 is 0 Å². The smallest absolute Gasteiger partial charge is 0.328 e. The Morgan fingerprint density at radius 3 is 1.44 bits per heavy atom. The number of ether oxygens (including phenoxy) is 1. The van der Waals surface area contributed by atoms with Crippen molar-refractivity contribution in [2.24, 2.45) is 0 Å². The number of rotatable bonds is 33. The lowest BCUT2D eigenvalue weighted by atomic mass is 10.0. The van der Waals surface area contributed by atoms with Crippen LogP contribution in [0.25, 0.3) is 0 Å². The van der Waals surface area contributed by atoms with Crippen LogP contribution in [0.4, 0.5) is 0 Å². The molecule has 0 saturated carbocycles. The van der Waals surface area contributed by atoms with Crippen molar-refractivity contribution in [1.29, 1.82) is 0 Å². The fraction of sp³-hybridized carbons (Fsp3) is 0.889. The van der Waals surface area contributed by atoms with Gasteiger partial charge in [-0.25, -0.2) is 4.79 Å². The largest absolute Gasteiger partial charge is 0.480 e. The summed E-state index contributed by atoms with van der Waals surface area (Å²) in [6, 6.07) is -1.38. The minimum Gasteiger partial charge on any atom is -0.480 e. The molecular formula is C36H68N2O7. The number of nitrogens with one attached hydrogen (secondary N) is 2. The maximum absolute atomic E-state index is 12.6. The van der Waals surface area contributed by atoms with Gasteiger partial charge < -0.3 is 25.6 Å². The zero-order chi connectivity index (χ0) is 33.4. The van der Waals surface area contributed by atoms with E-state index in [9.17, 15) is 19.2 Å². The molecule has 9 heteroatoms. The summed E-state index contributed by atoms with van der Waals surface area (Å²) in [6.07, 6.45) is 28.5. The van der Waals surface area contributed by atoms with E-state index in [0.29, 0.717) is 19.3 Å². The highest BCUT2D eigenvalue weighted by molar-refractivity contribution is 5.87. The molecule has 45 heavy (non-hydrogen) atoms. The SMILES string of the molecule is CCCCCCCCCCCCC(CCCCCCCC(=O)NCC(=O)NC(CO)C(=O)O)OC(=O)CCCCCCCCC. The van der Waals surface area contributed by atoms with E-state index < -0.39 is 24.5 Å². The Labute approximate surface area is 274 Å². The fourth-order valence-electron chi connectivity index (χ4n) is 5.48. The average molecular weight is 641 g/mol. The van der Waals surface area contributed by atoms with Crippen molar-refractivity contribution >= 4 is 23.8 Å². The third kappa shape index (κ3) is 29.0. The monoisotopic (exact) mass is 641 g/mol. The maximum Gasteiger partial charge on any atom is 0.328 e. The van der Waals surface area contributed by atoms with E-state index in [1.807, 2.05) is 0 Å². The van der Waals surface area contributed by atoms with Gasteiger partial charge in [0.1, 0.15) is 12.1 Å². The van der Waals surface area contributed by atoms with Gasteiger partial charge in [-0.05, 0) is 38.5 Å². The van der Waals surface area contributed by atoms with Gasteiger partial charge in [0.2, 0.25) is 11.8 Å². The summed E-state index contributed by atoms with van der Waals surface area (Å²) >= 11 is 0. The van der Waals surface area contributed by atoms with Crippen molar-refractivity contribution in [1.82, 2.24) is 10.6 Å². The number of esters is 1. The Bertz CT molecular complexity index is 747. The van der Waals surface area contributed by atoms with E-state index in [4.69, 9.17) is 14.9 Å². The minimum absolute atomic E-state index is 0.000389. The van der Waals surface area contributed by atoms with Crippen LogP contribution in [0.1, 0.15) is 181 Å². The van der Waals surface area contributed by atoms with E-state index in [0.717, 1.165) is 57.8 Å². The lowest BCUT2D eigenvalue weighted by molar-refractivity contribution is -0.150. The number of carboxylic acid groups (broad SMARTS) is 1. The van der Waals surface area contributed by atoms with E-state index in [-0.39, 0.29) is 24.5 Å². The molecule has 0 rings (SSSR count). The first kappa shape index (κ1) is 42.8. The van der Waals surface area contributed by atoms with Crippen LogP contribution in [0, 0.1) is 0 Å². The Morgan fingerprint density at radius 2 is 1.00 bits per heavy atom. The summed E-state index contributed by atoms with van der Waals surface area (Å²) in [7, 11) is 0. The van der Waals surface area contributed by atoms with Gasteiger partial charge in [0.05, 0.1) is 13.2 Å². The standard InChI is InChI=1S/C36H68N2O7/c1-3-5-7-9-11-12-13-15-17-21-25-31(45-35(42)28-24-20-14-10-8-6-4-2)26-22-18-16-19-23-27-33(40)37-29-34(41)38-32(30-39)36(43)44/h31-32,39H,3-30H2,1-2H3,(H,37,40)(H,38,41)(H,43,44). The number of unbranched alkanes of at least 4 members (excludes halogenated alkanes) is 19. The van der Waals surface area contributed by atoms with Gasteiger partial charge in [-0.3, -0.25) is 14.4 Å². The van der Waals surface area contributed by atoms with E-state index in [1.165, 1.54) is 89.9 Å². The van der Waals surface area contributed by atoms with Gasteiger partial charge in [-0.1, -0.05) is 129 Å². The lowest BCUT2D eigenvalue weighted by Gasteiger charge is -2.18. The predicted molar refractivity (Wildman–Crippen MR) is 181 cm³/mol. The predicted octanol–water partition coefficient (Wildman–Crippen LogP) is 7.76. The third-order valence-corrected chi connectivity index (χ3v) is 8.35. The third-order valence-electron chi connectivity index (χ3n) is 8.35. The molecular weight excluding hydrogens is 572 g/mol. The first-order chi connectivity index (χ1) is 21.8. The van der Waals surface area contributed by atoms with Crippen molar-refractivity contribution in [2.75, 3.05) is 13.2 Å². The van der Waals surface area contributed by atoms with E-state index in [1.54, 1.807) is 0 Å². The first-order valence-electron chi connectivity index (χ1n) is 18.4. The van der Waals surface area contributed by atoms with Crippen LogP contribution in [0.3, 0.4) is 0 Å². The number of hydrogen-bond donors (Lipinski definition) is 4. The molecule has 2 unspecified atom stereocenters. The summed E-state index contributed by atoms with van der Waals surface area (Å²) in [5, 5.41) is 22.5. The molecule has 0 bridgehead atoms. The minimum atomic E-state index is -1.38. The van der Waals surface area contributed by atoms with Crippen molar-refractivity contribution in [3.8, 4) is 0 Å². The molecule has 2 atom stereocenters. The molecule has 0 aliphatic heterocycles. The Morgan fingerprint density at radius 1 is 0.578 bits per heavy atom. The van der Waals surface area contributed by atoms with Gasteiger partial charge >= 0.3 is 11.9 Å². The van der Waals surface area contributed by atoms with E-state index in [2.05, 4.69) is 24.5 Å². The summed E-state index contributed by atoms with van der Waals surface area (Å²) in [6.45, 7) is 3.44. The highest BCUT2D eigenvalue weighted by Gasteiger charge is 2.19. The molecule has 264 valence electrons. The molecule has 0 fully saturated rings. The second-order valence-corrected chi connectivity index (χ2v) is 12.7. The van der Waals surface area contributed by atoms with Crippen molar-refractivity contribution in [2.45, 2.75) is 193 Å². The molecule has 0 aromatic rings. The number of aliphatic hydroxyl groups excluding tert-OH is 1. The molecule has 0 spiro atoms. The highest BCUT2D eigenvalue weighted by Crippen LogP contribution is 2.19. The topological polar surface area (TPSA) is 142 Å². The number of aliphatic hydroxyl groups is 1. The van der Waals surface area contributed by atoms with Crippen LogP contribution in [-0.4, -0.2) is 59.3 Å². The van der Waals surface area contributed by atoms with Crippen LogP contribution >= 0.6 is 0 Å². The normalized spacial score (nSPS) is 12.4. The van der Waals surface area contributed by atoms with Crippen molar-refractivity contribution < 1.29 is 34.1 Å². The number of carbonyl (C=O) groups excluding carboxylic acids is 3. The number of carbonyl (C=O) groups is 4. The van der Waals surface area contributed by atoms with Gasteiger partial charge in [0.15, 0.2) is 0 Å². The summed E-state index contributed by atoms with van der Waals surface area (Å²) in [5.74, 6) is -2.29. The Hall–Kier alpha value is -2.16. The number of carboxylic acids is 1. The molecule has 4 N–H and O–H groups in total. The Balaban J connectivity index is 4.23. The van der Waals surface area contributed by atoms with Gasteiger partial charge in [-0.15, -0.1) is 0 Å². The molecule has 0 aromatic carbocycles. The quantitative estimate of drug-likeness (QED) is 0.0424. The highest BCUT2D eigenvalue weighted by atomic mass is 16.5. The van der Waals surface area contributed by atoms with Crippen LogP contribution < -0.4 is 10.6 Å². The first-order valence-corrected chi connectivity index (χ1v) is 18.4. The lowest BCUT2D eigenvalue weighted by Crippen LogP contribution is -2.47.